The summed E-state index contributed by atoms with van der Waals surface area (Å²) >= 11 is 0. The number of benzene rings is 2. The molecule has 2 amide bonds. The van der Waals surface area contributed by atoms with Crippen LogP contribution in [0.25, 0.3) is 10.9 Å². The Hall–Kier alpha value is -3.28. The Morgan fingerprint density at radius 2 is 2.00 bits per heavy atom. The number of rotatable bonds is 5. The van der Waals surface area contributed by atoms with Crippen LogP contribution in [0.1, 0.15) is 11.3 Å². The Labute approximate surface area is 157 Å². The monoisotopic (exact) mass is 363 g/mol. The molecule has 2 heterocycles. The molecule has 0 spiro atoms. The van der Waals surface area contributed by atoms with Gasteiger partial charge in [-0.2, -0.15) is 0 Å². The fourth-order valence-corrected chi connectivity index (χ4v) is 3.42. The first-order valence-electron chi connectivity index (χ1n) is 8.96. The Balaban J connectivity index is 1.42. The van der Waals surface area contributed by atoms with Gasteiger partial charge in [0.1, 0.15) is 13.2 Å². The van der Waals surface area contributed by atoms with E-state index in [0.717, 1.165) is 27.8 Å². The summed E-state index contributed by atoms with van der Waals surface area (Å²) in [6, 6.07) is 17.7. The summed E-state index contributed by atoms with van der Waals surface area (Å²) in [7, 11) is 0. The SMILES string of the molecule is Cc1cc2ccccc2n1CC(=O)NCc1cccc(N2CCOC2=O)c1. The van der Waals surface area contributed by atoms with Crippen LogP contribution in [0.3, 0.4) is 0 Å². The number of nitrogens with one attached hydrogen (secondary N) is 1. The van der Waals surface area contributed by atoms with Crippen LogP contribution in [0.15, 0.2) is 54.6 Å². The number of anilines is 1. The zero-order valence-electron chi connectivity index (χ0n) is 15.1. The zero-order chi connectivity index (χ0) is 18.8. The fraction of sp³-hybridized carbons (Fsp3) is 0.238. The van der Waals surface area contributed by atoms with Crippen LogP contribution >= 0.6 is 0 Å². The predicted octanol–water partition coefficient (Wildman–Crippen LogP) is 3.22. The van der Waals surface area contributed by atoms with Gasteiger partial charge in [0, 0.05) is 23.4 Å². The number of nitrogens with zero attached hydrogens (tertiary/aromatic N) is 2. The third kappa shape index (κ3) is 3.51. The van der Waals surface area contributed by atoms with Crippen molar-refractivity contribution in [2.24, 2.45) is 0 Å². The van der Waals surface area contributed by atoms with E-state index in [1.807, 2.05) is 60.0 Å². The topological polar surface area (TPSA) is 63.6 Å². The number of cyclic esters (lactones) is 1. The second-order valence-corrected chi connectivity index (χ2v) is 6.64. The molecule has 1 N–H and O–H groups in total. The number of carbonyl (C=O) groups is 2. The predicted molar refractivity (Wildman–Crippen MR) is 104 cm³/mol. The van der Waals surface area contributed by atoms with Gasteiger partial charge in [0.25, 0.3) is 0 Å². The first kappa shape index (κ1) is 17.1. The molecule has 3 aromatic rings. The molecule has 0 radical (unpaired) electrons. The van der Waals surface area contributed by atoms with E-state index >= 15 is 0 Å². The van der Waals surface area contributed by atoms with Crippen LogP contribution in [0.5, 0.6) is 0 Å². The molecule has 1 aliphatic heterocycles. The van der Waals surface area contributed by atoms with Gasteiger partial charge >= 0.3 is 6.09 Å². The zero-order valence-corrected chi connectivity index (χ0v) is 15.1. The average molecular weight is 363 g/mol. The molecular weight excluding hydrogens is 342 g/mol. The Bertz CT molecular complexity index is 1010. The smallest absolute Gasteiger partial charge is 0.414 e. The molecule has 27 heavy (non-hydrogen) atoms. The second-order valence-electron chi connectivity index (χ2n) is 6.64. The van der Waals surface area contributed by atoms with Crippen molar-refractivity contribution >= 4 is 28.6 Å². The quantitative estimate of drug-likeness (QED) is 0.757. The lowest BCUT2D eigenvalue weighted by atomic mass is 10.2. The number of hydrogen-bond donors (Lipinski definition) is 1. The molecule has 6 heteroatoms. The molecule has 0 atom stereocenters. The van der Waals surface area contributed by atoms with Crippen molar-refractivity contribution in [3.05, 3.63) is 65.9 Å². The average Bonchev–Trinajstić information content (AvgIpc) is 3.24. The van der Waals surface area contributed by atoms with Crippen molar-refractivity contribution in [1.82, 2.24) is 9.88 Å². The largest absolute Gasteiger partial charge is 0.447 e. The number of aromatic nitrogens is 1. The lowest BCUT2D eigenvalue weighted by molar-refractivity contribution is -0.121. The van der Waals surface area contributed by atoms with Crippen molar-refractivity contribution in [1.29, 1.82) is 0 Å². The highest BCUT2D eigenvalue weighted by molar-refractivity contribution is 5.89. The number of fused-ring (bicyclic) bond motifs is 1. The van der Waals surface area contributed by atoms with Crippen molar-refractivity contribution in [2.45, 2.75) is 20.0 Å². The van der Waals surface area contributed by atoms with Gasteiger partial charge in [-0.25, -0.2) is 4.79 Å². The van der Waals surface area contributed by atoms with Crippen molar-refractivity contribution in [3.8, 4) is 0 Å². The minimum absolute atomic E-state index is 0.0505. The maximum Gasteiger partial charge on any atom is 0.414 e. The maximum atomic E-state index is 12.5. The molecular formula is C21H21N3O3. The standard InChI is InChI=1S/C21H21N3O3/c1-15-11-17-6-2-3-8-19(17)24(15)14-20(25)22-13-16-5-4-7-18(12-16)23-9-10-27-21(23)26/h2-8,11-12H,9-10,13-14H2,1H3,(H,22,25). The summed E-state index contributed by atoms with van der Waals surface area (Å²) in [6.07, 6.45) is -0.328. The van der Waals surface area contributed by atoms with Crippen molar-refractivity contribution in [2.75, 3.05) is 18.1 Å². The Morgan fingerprint density at radius 1 is 1.15 bits per heavy atom. The van der Waals surface area contributed by atoms with Crippen LogP contribution in [-0.2, 0) is 22.6 Å². The molecule has 0 saturated carbocycles. The minimum atomic E-state index is -0.328. The number of para-hydroxylation sites is 1. The van der Waals surface area contributed by atoms with E-state index in [2.05, 4.69) is 11.4 Å². The van der Waals surface area contributed by atoms with E-state index in [9.17, 15) is 9.59 Å². The summed E-state index contributed by atoms with van der Waals surface area (Å²) in [4.78, 5) is 25.8. The van der Waals surface area contributed by atoms with E-state index in [1.54, 1.807) is 4.90 Å². The van der Waals surface area contributed by atoms with Gasteiger partial charge in [0.05, 0.1) is 6.54 Å². The third-order valence-electron chi connectivity index (χ3n) is 4.79. The van der Waals surface area contributed by atoms with E-state index in [4.69, 9.17) is 4.74 Å². The van der Waals surface area contributed by atoms with E-state index in [1.165, 1.54) is 0 Å². The summed E-state index contributed by atoms with van der Waals surface area (Å²) < 4.78 is 6.99. The second kappa shape index (κ2) is 7.15. The highest BCUT2D eigenvalue weighted by Gasteiger charge is 2.23. The number of hydrogen-bond acceptors (Lipinski definition) is 3. The van der Waals surface area contributed by atoms with Crippen LogP contribution in [0, 0.1) is 6.92 Å². The van der Waals surface area contributed by atoms with Crippen LogP contribution in [0.4, 0.5) is 10.5 Å². The van der Waals surface area contributed by atoms with E-state index in [0.29, 0.717) is 19.7 Å². The highest BCUT2D eigenvalue weighted by Crippen LogP contribution is 2.21. The molecule has 1 aliphatic rings. The summed E-state index contributed by atoms with van der Waals surface area (Å²) in [5.74, 6) is -0.0505. The number of aryl methyl sites for hydroxylation is 1. The van der Waals surface area contributed by atoms with Crippen LogP contribution in [0.2, 0.25) is 0 Å². The molecule has 6 nitrogen and oxygen atoms in total. The van der Waals surface area contributed by atoms with E-state index in [-0.39, 0.29) is 18.5 Å². The number of ether oxygens (including phenoxy) is 1. The molecule has 1 aromatic heterocycles. The summed E-state index contributed by atoms with van der Waals surface area (Å²) in [5.41, 5.74) is 3.84. The van der Waals surface area contributed by atoms with Crippen molar-refractivity contribution in [3.63, 3.8) is 0 Å². The third-order valence-corrected chi connectivity index (χ3v) is 4.79. The van der Waals surface area contributed by atoms with Gasteiger partial charge in [0.15, 0.2) is 0 Å². The van der Waals surface area contributed by atoms with Gasteiger partial charge in [-0.3, -0.25) is 9.69 Å². The summed E-state index contributed by atoms with van der Waals surface area (Å²) in [5, 5.41) is 4.10. The lowest BCUT2D eigenvalue weighted by Crippen LogP contribution is -2.28. The fourth-order valence-electron chi connectivity index (χ4n) is 3.42. The molecule has 1 saturated heterocycles. The maximum absolute atomic E-state index is 12.5. The van der Waals surface area contributed by atoms with Gasteiger partial charge in [-0.05, 0) is 42.1 Å². The van der Waals surface area contributed by atoms with Gasteiger partial charge in [0.2, 0.25) is 5.91 Å². The van der Waals surface area contributed by atoms with Crippen LogP contribution in [-0.4, -0.2) is 29.7 Å². The molecule has 1 fully saturated rings. The highest BCUT2D eigenvalue weighted by atomic mass is 16.6. The minimum Gasteiger partial charge on any atom is -0.447 e. The molecule has 0 unspecified atom stereocenters. The molecule has 0 aliphatic carbocycles. The lowest BCUT2D eigenvalue weighted by Gasteiger charge is -2.14. The first-order chi connectivity index (χ1) is 13.1. The number of carbonyl (C=O) groups excluding carboxylic acids is 2. The first-order valence-corrected chi connectivity index (χ1v) is 8.96. The molecule has 138 valence electrons. The Morgan fingerprint density at radius 3 is 2.81 bits per heavy atom. The molecule has 4 rings (SSSR count). The number of amides is 2. The van der Waals surface area contributed by atoms with Gasteiger partial charge in [-0.15, -0.1) is 0 Å². The molecule has 0 bridgehead atoms. The molecule has 2 aromatic carbocycles. The Kier molecular flexibility index (Phi) is 4.54. The normalized spacial score (nSPS) is 13.8. The van der Waals surface area contributed by atoms with Crippen molar-refractivity contribution < 1.29 is 14.3 Å². The summed E-state index contributed by atoms with van der Waals surface area (Å²) in [6.45, 7) is 3.65. The van der Waals surface area contributed by atoms with Gasteiger partial charge in [-0.1, -0.05) is 30.3 Å². The van der Waals surface area contributed by atoms with Gasteiger partial charge < -0.3 is 14.6 Å². The van der Waals surface area contributed by atoms with E-state index < -0.39 is 0 Å². The van der Waals surface area contributed by atoms with Crippen LogP contribution < -0.4 is 10.2 Å².